The highest BCUT2D eigenvalue weighted by Crippen LogP contribution is 2.33. The van der Waals surface area contributed by atoms with Gasteiger partial charge in [-0.3, -0.25) is 0 Å². The maximum absolute atomic E-state index is 5.54. The van der Waals surface area contributed by atoms with Crippen LogP contribution in [-0.2, 0) is 14.2 Å². The molecule has 4 nitrogen and oxygen atoms in total. The second-order valence-corrected chi connectivity index (χ2v) is 3.69. The highest BCUT2D eigenvalue weighted by Gasteiger charge is 2.43. The standard InChI is InChI=1S/C9H17NO3/c1-10-4-2-3-9-11-5-8(6-12-9)7-13-9/h8,10H,2-7H2,1H3. The molecule has 2 bridgehead atoms. The highest BCUT2D eigenvalue weighted by molar-refractivity contribution is 4.74. The zero-order chi connectivity index (χ0) is 9.15. The van der Waals surface area contributed by atoms with Gasteiger partial charge in [-0.05, 0) is 20.0 Å². The van der Waals surface area contributed by atoms with Crippen molar-refractivity contribution in [2.75, 3.05) is 33.4 Å². The second-order valence-electron chi connectivity index (χ2n) is 3.69. The topological polar surface area (TPSA) is 39.7 Å². The number of nitrogens with one attached hydrogen (secondary N) is 1. The lowest BCUT2D eigenvalue weighted by Gasteiger charge is -2.45. The zero-order valence-corrected chi connectivity index (χ0v) is 8.04. The van der Waals surface area contributed by atoms with E-state index in [4.69, 9.17) is 14.2 Å². The van der Waals surface area contributed by atoms with Gasteiger partial charge in [-0.2, -0.15) is 0 Å². The van der Waals surface area contributed by atoms with E-state index in [1.54, 1.807) is 0 Å². The van der Waals surface area contributed by atoms with Crippen LogP contribution in [0.2, 0.25) is 0 Å². The Labute approximate surface area is 78.5 Å². The average molecular weight is 187 g/mol. The molecule has 0 aliphatic carbocycles. The van der Waals surface area contributed by atoms with Gasteiger partial charge in [-0.1, -0.05) is 0 Å². The van der Waals surface area contributed by atoms with Crippen molar-refractivity contribution in [2.24, 2.45) is 5.92 Å². The summed E-state index contributed by atoms with van der Waals surface area (Å²) in [7, 11) is 1.94. The molecule has 0 spiro atoms. The molecule has 0 amide bonds. The molecule has 3 saturated heterocycles. The first-order chi connectivity index (χ1) is 6.35. The molecule has 3 aliphatic rings. The Morgan fingerprint density at radius 1 is 1.23 bits per heavy atom. The summed E-state index contributed by atoms with van der Waals surface area (Å²) >= 11 is 0. The van der Waals surface area contributed by atoms with Crippen molar-refractivity contribution in [3.63, 3.8) is 0 Å². The van der Waals surface area contributed by atoms with Crippen LogP contribution < -0.4 is 5.32 Å². The molecule has 3 heterocycles. The number of hydrogen-bond donors (Lipinski definition) is 1. The summed E-state index contributed by atoms with van der Waals surface area (Å²) in [6, 6.07) is 0. The van der Waals surface area contributed by atoms with Gasteiger partial charge in [-0.25, -0.2) is 0 Å². The van der Waals surface area contributed by atoms with Crippen LogP contribution in [0.1, 0.15) is 12.8 Å². The minimum Gasteiger partial charge on any atom is -0.327 e. The Morgan fingerprint density at radius 3 is 2.38 bits per heavy atom. The molecule has 4 heteroatoms. The average Bonchev–Trinajstić information content (AvgIpc) is 2.21. The normalized spacial score (nSPS) is 38.1. The number of ether oxygens (including phenoxy) is 3. The van der Waals surface area contributed by atoms with E-state index in [-0.39, 0.29) is 0 Å². The predicted octanol–water partition coefficient (Wildman–Crippen LogP) is 0.333. The minimum atomic E-state index is -0.703. The Hall–Kier alpha value is -0.160. The molecule has 3 fully saturated rings. The first-order valence-corrected chi connectivity index (χ1v) is 4.91. The SMILES string of the molecule is CNCCCC12OCC(CO1)CO2. The Morgan fingerprint density at radius 2 is 1.85 bits per heavy atom. The van der Waals surface area contributed by atoms with E-state index in [1.165, 1.54) is 0 Å². The van der Waals surface area contributed by atoms with Crippen LogP contribution in [0.5, 0.6) is 0 Å². The van der Waals surface area contributed by atoms with Crippen LogP contribution in [0.25, 0.3) is 0 Å². The van der Waals surface area contributed by atoms with E-state index >= 15 is 0 Å². The van der Waals surface area contributed by atoms with E-state index in [9.17, 15) is 0 Å². The van der Waals surface area contributed by atoms with Crippen LogP contribution in [0.15, 0.2) is 0 Å². The molecule has 0 saturated carbocycles. The summed E-state index contributed by atoms with van der Waals surface area (Å²) in [6.45, 7) is 3.35. The maximum Gasteiger partial charge on any atom is 0.282 e. The van der Waals surface area contributed by atoms with Crippen molar-refractivity contribution in [1.82, 2.24) is 5.32 Å². The van der Waals surface area contributed by atoms with Crippen molar-refractivity contribution in [3.05, 3.63) is 0 Å². The van der Waals surface area contributed by atoms with Gasteiger partial charge >= 0.3 is 0 Å². The van der Waals surface area contributed by atoms with Crippen molar-refractivity contribution >= 4 is 0 Å². The van der Waals surface area contributed by atoms with Crippen molar-refractivity contribution in [1.29, 1.82) is 0 Å². The van der Waals surface area contributed by atoms with Gasteiger partial charge in [0.15, 0.2) is 0 Å². The monoisotopic (exact) mass is 187 g/mol. The molecule has 3 rings (SSSR count). The fourth-order valence-corrected chi connectivity index (χ4v) is 1.70. The maximum atomic E-state index is 5.54. The molecule has 0 aromatic carbocycles. The lowest BCUT2D eigenvalue weighted by atomic mass is 10.1. The van der Waals surface area contributed by atoms with Crippen molar-refractivity contribution < 1.29 is 14.2 Å². The fourth-order valence-electron chi connectivity index (χ4n) is 1.70. The van der Waals surface area contributed by atoms with Crippen molar-refractivity contribution in [3.8, 4) is 0 Å². The van der Waals surface area contributed by atoms with E-state index < -0.39 is 5.97 Å². The van der Waals surface area contributed by atoms with Gasteiger partial charge < -0.3 is 19.5 Å². The van der Waals surface area contributed by atoms with E-state index in [2.05, 4.69) is 5.32 Å². The highest BCUT2D eigenvalue weighted by atomic mass is 16.9. The second kappa shape index (κ2) is 3.92. The van der Waals surface area contributed by atoms with Crippen LogP contribution in [0, 0.1) is 5.92 Å². The molecular formula is C9H17NO3. The third-order valence-corrected chi connectivity index (χ3v) is 2.53. The minimum absolute atomic E-state index is 0.450. The Kier molecular flexibility index (Phi) is 2.83. The summed E-state index contributed by atoms with van der Waals surface area (Å²) < 4.78 is 16.6. The van der Waals surface area contributed by atoms with E-state index in [0.717, 1.165) is 39.2 Å². The lowest BCUT2D eigenvalue weighted by molar-refractivity contribution is -0.450. The molecule has 0 unspecified atom stereocenters. The van der Waals surface area contributed by atoms with Gasteiger partial charge in [0.05, 0.1) is 19.8 Å². The number of fused-ring (bicyclic) bond motifs is 3. The summed E-state index contributed by atoms with van der Waals surface area (Å²) in [5, 5.41) is 3.09. The van der Waals surface area contributed by atoms with Gasteiger partial charge in [0.25, 0.3) is 5.97 Å². The predicted molar refractivity (Wildman–Crippen MR) is 47.2 cm³/mol. The van der Waals surface area contributed by atoms with Crippen LogP contribution in [0.4, 0.5) is 0 Å². The molecule has 0 aromatic rings. The van der Waals surface area contributed by atoms with Gasteiger partial charge in [-0.15, -0.1) is 0 Å². The van der Waals surface area contributed by atoms with E-state index in [0.29, 0.717) is 5.92 Å². The lowest BCUT2D eigenvalue weighted by Crippen LogP contribution is -2.54. The largest absolute Gasteiger partial charge is 0.327 e. The molecule has 0 atom stereocenters. The molecular weight excluding hydrogens is 170 g/mol. The molecule has 0 aromatic heterocycles. The van der Waals surface area contributed by atoms with Crippen LogP contribution in [0.3, 0.4) is 0 Å². The smallest absolute Gasteiger partial charge is 0.282 e. The summed E-state index contributed by atoms with van der Waals surface area (Å²) in [5.41, 5.74) is 0. The summed E-state index contributed by atoms with van der Waals surface area (Å²) in [4.78, 5) is 0. The van der Waals surface area contributed by atoms with Crippen LogP contribution >= 0.6 is 0 Å². The third kappa shape index (κ3) is 2.02. The quantitative estimate of drug-likeness (QED) is 0.644. The van der Waals surface area contributed by atoms with Crippen molar-refractivity contribution in [2.45, 2.75) is 18.8 Å². The Balaban J connectivity index is 1.81. The molecule has 76 valence electrons. The zero-order valence-electron chi connectivity index (χ0n) is 8.04. The third-order valence-electron chi connectivity index (χ3n) is 2.53. The van der Waals surface area contributed by atoms with Gasteiger partial charge in [0.2, 0.25) is 0 Å². The molecule has 3 aliphatic heterocycles. The Bertz CT molecular complexity index is 152. The molecule has 13 heavy (non-hydrogen) atoms. The first kappa shape index (κ1) is 9.40. The fraction of sp³-hybridized carbons (Fsp3) is 1.00. The summed E-state index contributed by atoms with van der Waals surface area (Å²) in [5.74, 6) is -0.253. The first-order valence-electron chi connectivity index (χ1n) is 4.91. The molecule has 1 N–H and O–H groups in total. The molecule has 0 radical (unpaired) electrons. The number of rotatable bonds is 4. The van der Waals surface area contributed by atoms with Crippen LogP contribution in [-0.4, -0.2) is 39.4 Å². The van der Waals surface area contributed by atoms with E-state index in [1.807, 2.05) is 7.05 Å². The summed E-state index contributed by atoms with van der Waals surface area (Å²) in [6.07, 6.45) is 1.84. The number of hydrogen-bond acceptors (Lipinski definition) is 4. The van der Waals surface area contributed by atoms with Gasteiger partial charge in [0, 0.05) is 12.3 Å². The van der Waals surface area contributed by atoms with Gasteiger partial charge in [0.1, 0.15) is 0 Å².